The number of primary sulfonamides is 2. The lowest BCUT2D eigenvalue weighted by molar-refractivity contribution is 0.472. The molecule has 0 aliphatic heterocycles. The van der Waals surface area contributed by atoms with Crippen molar-refractivity contribution in [1.29, 1.82) is 0 Å². The number of hydrogen-bond donors (Lipinski definition) is 3. The Balaban J connectivity index is 3.71. The predicted molar refractivity (Wildman–Crippen MR) is 50.9 cm³/mol. The normalized spacial score (nSPS) is 12.7. The van der Waals surface area contributed by atoms with Crippen molar-refractivity contribution in [3.63, 3.8) is 0 Å². The highest BCUT2D eigenvalue weighted by Gasteiger charge is 2.21. The number of aromatic hydroxyl groups is 1. The first kappa shape index (κ1) is 11.9. The summed E-state index contributed by atoms with van der Waals surface area (Å²) in [5.41, 5.74) is 0. The molecule has 84 valence electrons. The largest absolute Gasteiger partial charge is 0.508 e. The van der Waals surface area contributed by atoms with Gasteiger partial charge in [0, 0.05) is 6.07 Å². The van der Waals surface area contributed by atoms with Crippen molar-refractivity contribution >= 4 is 20.0 Å². The second-order valence-electron chi connectivity index (χ2n) is 2.72. The molecule has 1 aromatic rings. The summed E-state index contributed by atoms with van der Waals surface area (Å²) in [6.45, 7) is 0. The molecule has 9 heteroatoms. The quantitative estimate of drug-likeness (QED) is 0.599. The zero-order valence-corrected chi connectivity index (χ0v) is 8.92. The molecule has 0 aliphatic rings. The third-order valence-corrected chi connectivity index (χ3v) is 3.59. The van der Waals surface area contributed by atoms with Crippen LogP contribution in [0, 0.1) is 0 Å². The van der Waals surface area contributed by atoms with Crippen LogP contribution in [0.4, 0.5) is 0 Å². The third kappa shape index (κ3) is 2.65. The fourth-order valence-electron chi connectivity index (χ4n) is 0.954. The van der Waals surface area contributed by atoms with Crippen LogP contribution < -0.4 is 10.3 Å². The van der Waals surface area contributed by atoms with E-state index in [1.54, 1.807) is 0 Å². The molecule has 1 rings (SSSR count). The van der Waals surface area contributed by atoms with Gasteiger partial charge in [-0.3, -0.25) is 0 Å². The topological polar surface area (TPSA) is 141 Å². The van der Waals surface area contributed by atoms with E-state index in [1.807, 2.05) is 0 Å². The smallest absolute Gasteiger partial charge is 0.239 e. The lowest BCUT2D eigenvalue weighted by Crippen LogP contribution is -2.20. The van der Waals surface area contributed by atoms with Crippen LogP contribution in [0.3, 0.4) is 0 Å². The standard InChI is InChI=1S/C6H8N2O5S2/c7-14(10,11)5-2-1-4(9)3-6(5)15(8,12)13/h1-3,9H,(H2,7,10,11)(H2,8,12,13). The van der Waals surface area contributed by atoms with Crippen LogP contribution >= 0.6 is 0 Å². The summed E-state index contributed by atoms with van der Waals surface area (Å²) in [5, 5.41) is 18.6. The Morgan fingerprint density at radius 3 is 1.80 bits per heavy atom. The van der Waals surface area contributed by atoms with E-state index < -0.39 is 35.6 Å². The number of hydrogen-bond acceptors (Lipinski definition) is 5. The van der Waals surface area contributed by atoms with Crippen molar-refractivity contribution in [2.45, 2.75) is 9.79 Å². The summed E-state index contributed by atoms with van der Waals surface area (Å²) in [6, 6.07) is 2.58. The Kier molecular flexibility index (Phi) is 2.74. The minimum atomic E-state index is -4.26. The Bertz CT molecular complexity index is 590. The van der Waals surface area contributed by atoms with Gasteiger partial charge in [0.1, 0.15) is 15.5 Å². The van der Waals surface area contributed by atoms with E-state index in [2.05, 4.69) is 0 Å². The summed E-state index contributed by atoms with van der Waals surface area (Å²) < 4.78 is 44.0. The average molecular weight is 252 g/mol. The summed E-state index contributed by atoms with van der Waals surface area (Å²) in [4.78, 5) is -1.38. The minimum absolute atomic E-state index is 0.425. The maximum Gasteiger partial charge on any atom is 0.239 e. The van der Waals surface area contributed by atoms with Gasteiger partial charge in [0.15, 0.2) is 0 Å². The maximum atomic E-state index is 11.0. The summed E-state index contributed by atoms with van der Waals surface area (Å²) in [6.07, 6.45) is 0. The van der Waals surface area contributed by atoms with Gasteiger partial charge in [-0.25, -0.2) is 27.1 Å². The molecule has 15 heavy (non-hydrogen) atoms. The van der Waals surface area contributed by atoms with Crippen LogP contribution in [0.1, 0.15) is 0 Å². The van der Waals surface area contributed by atoms with Gasteiger partial charge in [0.2, 0.25) is 20.0 Å². The summed E-state index contributed by atoms with van der Waals surface area (Å²) >= 11 is 0. The molecule has 5 N–H and O–H groups in total. The molecule has 0 atom stereocenters. The van der Waals surface area contributed by atoms with Crippen molar-refractivity contribution in [2.75, 3.05) is 0 Å². The predicted octanol–water partition coefficient (Wildman–Crippen LogP) is -1.31. The molecule has 0 aromatic heterocycles. The Morgan fingerprint density at radius 1 is 0.933 bits per heavy atom. The van der Waals surface area contributed by atoms with Crippen LogP contribution in [0.25, 0.3) is 0 Å². The van der Waals surface area contributed by atoms with E-state index in [0.717, 1.165) is 18.2 Å². The Morgan fingerprint density at radius 2 is 1.40 bits per heavy atom. The number of phenolic OH excluding ortho intramolecular Hbond substituents is 1. The highest BCUT2D eigenvalue weighted by atomic mass is 32.2. The van der Waals surface area contributed by atoms with Gasteiger partial charge in [-0.05, 0) is 12.1 Å². The molecule has 1 aromatic carbocycles. The highest BCUT2D eigenvalue weighted by Crippen LogP contribution is 2.23. The van der Waals surface area contributed by atoms with Gasteiger partial charge in [0.05, 0.1) is 0 Å². The van der Waals surface area contributed by atoms with Gasteiger partial charge >= 0.3 is 0 Å². The summed E-state index contributed by atoms with van der Waals surface area (Å²) in [5.74, 6) is -0.425. The monoisotopic (exact) mass is 252 g/mol. The molecule has 0 saturated carbocycles. The van der Waals surface area contributed by atoms with E-state index in [0.29, 0.717) is 0 Å². The average Bonchev–Trinajstić information content (AvgIpc) is 2.00. The van der Waals surface area contributed by atoms with Crippen LogP contribution in [-0.2, 0) is 20.0 Å². The van der Waals surface area contributed by atoms with Crippen molar-refractivity contribution in [3.05, 3.63) is 18.2 Å². The number of benzene rings is 1. The van der Waals surface area contributed by atoms with Crippen LogP contribution in [0.2, 0.25) is 0 Å². The van der Waals surface area contributed by atoms with E-state index in [1.165, 1.54) is 0 Å². The van der Waals surface area contributed by atoms with Gasteiger partial charge in [-0.1, -0.05) is 0 Å². The van der Waals surface area contributed by atoms with Gasteiger partial charge in [-0.15, -0.1) is 0 Å². The first-order valence-electron chi connectivity index (χ1n) is 3.51. The zero-order chi connectivity index (χ0) is 11.9. The van der Waals surface area contributed by atoms with Gasteiger partial charge in [-0.2, -0.15) is 0 Å². The first-order valence-corrected chi connectivity index (χ1v) is 6.60. The minimum Gasteiger partial charge on any atom is -0.508 e. The van der Waals surface area contributed by atoms with E-state index >= 15 is 0 Å². The van der Waals surface area contributed by atoms with E-state index in [-0.39, 0.29) is 0 Å². The molecule has 0 unspecified atom stereocenters. The number of rotatable bonds is 2. The molecule has 0 bridgehead atoms. The fraction of sp³-hybridized carbons (Fsp3) is 0. The van der Waals surface area contributed by atoms with Gasteiger partial charge < -0.3 is 5.11 Å². The molecular weight excluding hydrogens is 244 g/mol. The van der Waals surface area contributed by atoms with Crippen LogP contribution in [0.15, 0.2) is 28.0 Å². The Labute approximate surface area is 86.4 Å². The fourth-order valence-corrected chi connectivity index (χ4v) is 2.88. The van der Waals surface area contributed by atoms with Crippen molar-refractivity contribution in [1.82, 2.24) is 0 Å². The van der Waals surface area contributed by atoms with E-state index in [4.69, 9.17) is 15.4 Å². The lowest BCUT2D eigenvalue weighted by Gasteiger charge is -2.05. The molecule has 0 aliphatic carbocycles. The molecule has 0 radical (unpaired) electrons. The first-order chi connectivity index (χ1) is 6.62. The molecule has 0 saturated heterocycles. The molecular formula is C6H8N2O5S2. The number of nitrogens with two attached hydrogens (primary N) is 2. The second-order valence-corrected chi connectivity index (χ2v) is 5.78. The maximum absolute atomic E-state index is 11.0. The zero-order valence-electron chi connectivity index (χ0n) is 7.28. The second kappa shape index (κ2) is 3.45. The molecule has 0 heterocycles. The summed E-state index contributed by atoms with van der Waals surface area (Å²) in [7, 11) is -8.46. The van der Waals surface area contributed by atoms with Crippen molar-refractivity contribution in [2.24, 2.45) is 10.3 Å². The number of sulfonamides is 2. The van der Waals surface area contributed by atoms with Crippen molar-refractivity contribution < 1.29 is 21.9 Å². The van der Waals surface area contributed by atoms with E-state index in [9.17, 15) is 16.8 Å². The molecule has 0 amide bonds. The SMILES string of the molecule is NS(=O)(=O)c1ccc(O)cc1S(N)(=O)=O. The van der Waals surface area contributed by atoms with Crippen LogP contribution in [-0.4, -0.2) is 21.9 Å². The lowest BCUT2D eigenvalue weighted by atomic mass is 10.3. The Hall–Kier alpha value is -1.16. The highest BCUT2D eigenvalue weighted by molar-refractivity contribution is 7.92. The molecule has 0 spiro atoms. The number of phenols is 1. The molecule has 7 nitrogen and oxygen atoms in total. The third-order valence-electron chi connectivity index (χ3n) is 1.54. The van der Waals surface area contributed by atoms with Crippen molar-refractivity contribution in [3.8, 4) is 5.75 Å². The van der Waals surface area contributed by atoms with Crippen LogP contribution in [0.5, 0.6) is 5.75 Å². The van der Waals surface area contributed by atoms with Gasteiger partial charge in [0.25, 0.3) is 0 Å². The molecule has 0 fully saturated rings.